The molecule has 12 N–H and O–H groups in total. The lowest BCUT2D eigenvalue weighted by Crippen LogP contribution is -2.66. The largest absolute Gasteiger partial charge is 0.394 e. The van der Waals surface area contributed by atoms with E-state index in [9.17, 15) is 61.0 Å². The van der Waals surface area contributed by atoms with Gasteiger partial charge >= 0.3 is 0 Å². The van der Waals surface area contributed by atoms with Gasteiger partial charge in [0.15, 0.2) is 18.9 Å². The summed E-state index contributed by atoms with van der Waals surface area (Å²) in [5.74, 6) is -0.337. The van der Waals surface area contributed by atoms with E-state index in [4.69, 9.17) is 28.4 Å². The number of carbonyl (C=O) groups is 1. The van der Waals surface area contributed by atoms with Crippen LogP contribution in [0.3, 0.4) is 0 Å². The number of rotatable bonds is 22. The summed E-state index contributed by atoms with van der Waals surface area (Å²) in [6, 6.07) is -0.873. The van der Waals surface area contributed by atoms with Crippen molar-refractivity contribution in [1.82, 2.24) is 5.32 Å². The highest BCUT2D eigenvalue weighted by Crippen LogP contribution is 2.32. The van der Waals surface area contributed by atoms with Crippen molar-refractivity contribution in [2.75, 3.05) is 26.4 Å². The fourth-order valence-corrected chi connectivity index (χ4v) is 6.63. The average molecular weight is 774 g/mol. The first kappa shape index (κ1) is 46.2. The Balaban J connectivity index is 1.59. The topological polar surface area (TPSA) is 307 Å². The predicted octanol–water partition coefficient (Wildman–Crippen LogP) is -3.76. The SMILES string of the molecule is CCCCCCCCCCC(O)C(COC1OC(CO)C(OC2OC(CO)C(OC3OC(CO)C(O)C(O)C3O)C(O)C2O)C(O)C1O)NC(=O)CC. The molecule has 0 radical (unpaired) electrons. The van der Waals surface area contributed by atoms with Crippen LogP contribution < -0.4 is 5.32 Å². The van der Waals surface area contributed by atoms with E-state index in [1.54, 1.807) is 6.92 Å². The van der Waals surface area contributed by atoms with Gasteiger partial charge in [0, 0.05) is 6.42 Å². The van der Waals surface area contributed by atoms with Gasteiger partial charge in [0.1, 0.15) is 73.2 Å². The van der Waals surface area contributed by atoms with Crippen LogP contribution in [0.25, 0.3) is 0 Å². The maximum absolute atomic E-state index is 12.2. The van der Waals surface area contributed by atoms with Crippen molar-refractivity contribution in [3.05, 3.63) is 0 Å². The first-order chi connectivity index (χ1) is 25.3. The number of hydrogen-bond acceptors (Lipinski definition) is 18. The Kier molecular flexibility index (Phi) is 20.1. The summed E-state index contributed by atoms with van der Waals surface area (Å²) >= 11 is 0. The molecule has 3 fully saturated rings. The fourth-order valence-electron chi connectivity index (χ4n) is 6.63. The molecule has 0 bridgehead atoms. The highest BCUT2D eigenvalue weighted by Gasteiger charge is 2.53. The molecule has 1 amide bonds. The summed E-state index contributed by atoms with van der Waals surface area (Å²) in [6.07, 6.45) is -17.3. The van der Waals surface area contributed by atoms with Crippen molar-refractivity contribution in [3.63, 3.8) is 0 Å². The Hall–Kier alpha value is -1.21. The third-order valence-corrected chi connectivity index (χ3v) is 10.00. The number of amides is 1. The first-order valence-corrected chi connectivity index (χ1v) is 18.8. The molecule has 0 aliphatic carbocycles. The number of aliphatic hydroxyl groups is 11. The Labute approximate surface area is 309 Å². The second-order valence-corrected chi connectivity index (χ2v) is 14.0. The smallest absolute Gasteiger partial charge is 0.220 e. The number of ether oxygens (including phenoxy) is 6. The molecule has 17 unspecified atom stereocenters. The van der Waals surface area contributed by atoms with Crippen molar-refractivity contribution < 1.29 is 89.4 Å². The maximum Gasteiger partial charge on any atom is 0.220 e. The quantitative estimate of drug-likeness (QED) is 0.0470. The number of unbranched alkanes of at least 4 members (excludes halogenated alkanes) is 7. The van der Waals surface area contributed by atoms with E-state index >= 15 is 0 Å². The molecule has 0 spiro atoms. The lowest BCUT2D eigenvalue weighted by Gasteiger charge is -2.48. The van der Waals surface area contributed by atoms with Gasteiger partial charge in [-0.1, -0.05) is 65.2 Å². The molecule has 3 saturated heterocycles. The van der Waals surface area contributed by atoms with Crippen LogP contribution >= 0.6 is 0 Å². The Morgan fingerprint density at radius 1 is 0.604 bits per heavy atom. The van der Waals surface area contributed by atoms with Gasteiger partial charge in [-0.25, -0.2) is 0 Å². The molecule has 0 aromatic carbocycles. The molecule has 19 heteroatoms. The second kappa shape index (κ2) is 23.1. The van der Waals surface area contributed by atoms with E-state index in [1.807, 2.05) is 0 Å². The summed E-state index contributed by atoms with van der Waals surface area (Å²) in [7, 11) is 0. The van der Waals surface area contributed by atoms with E-state index in [-0.39, 0.29) is 18.9 Å². The molecule has 17 atom stereocenters. The van der Waals surface area contributed by atoms with Gasteiger partial charge in [0.25, 0.3) is 0 Å². The zero-order valence-corrected chi connectivity index (χ0v) is 30.5. The summed E-state index contributed by atoms with van der Waals surface area (Å²) in [6.45, 7) is 1.10. The third kappa shape index (κ3) is 12.6. The Morgan fingerprint density at radius 2 is 1.06 bits per heavy atom. The minimum Gasteiger partial charge on any atom is -0.394 e. The van der Waals surface area contributed by atoms with Gasteiger partial charge in [0.05, 0.1) is 38.6 Å². The zero-order chi connectivity index (χ0) is 39.2. The number of aliphatic hydroxyl groups excluding tert-OH is 11. The molecule has 3 aliphatic rings. The van der Waals surface area contributed by atoms with Crippen LogP contribution in [-0.2, 0) is 33.2 Å². The van der Waals surface area contributed by atoms with Gasteiger partial charge in [-0.3, -0.25) is 4.79 Å². The molecule has 3 rings (SSSR count). The molecule has 312 valence electrons. The molecule has 3 heterocycles. The minimum atomic E-state index is -1.96. The molecule has 0 aromatic rings. The van der Waals surface area contributed by atoms with Crippen LogP contribution in [0.4, 0.5) is 0 Å². The summed E-state index contributed by atoms with van der Waals surface area (Å²) in [5, 5.41) is 118. The molecule has 19 nitrogen and oxygen atoms in total. The first-order valence-electron chi connectivity index (χ1n) is 18.8. The lowest BCUT2D eigenvalue weighted by atomic mass is 9.96. The summed E-state index contributed by atoms with van der Waals surface area (Å²) in [5.41, 5.74) is 0. The van der Waals surface area contributed by atoms with Gasteiger partial charge < -0.3 is 89.9 Å². The maximum atomic E-state index is 12.2. The Bertz CT molecular complexity index is 1030. The molecule has 3 aliphatic heterocycles. The van der Waals surface area contributed by atoms with E-state index in [0.29, 0.717) is 6.42 Å². The highest BCUT2D eigenvalue weighted by atomic mass is 16.8. The van der Waals surface area contributed by atoms with E-state index in [0.717, 1.165) is 25.7 Å². The van der Waals surface area contributed by atoms with Gasteiger partial charge in [-0.15, -0.1) is 0 Å². The molecule has 0 aromatic heterocycles. The van der Waals surface area contributed by atoms with Gasteiger partial charge in [-0.05, 0) is 6.42 Å². The van der Waals surface area contributed by atoms with E-state index < -0.39 is 124 Å². The molecular weight excluding hydrogens is 710 g/mol. The van der Waals surface area contributed by atoms with Crippen molar-refractivity contribution in [2.24, 2.45) is 0 Å². The molecular formula is C34H63NO18. The minimum absolute atomic E-state index is 0.148. The van der Waals surface area contributed by atoms with Crippen LogP contribution in [0.2, 0.25) is 0 Å². The molecule has 53 heavy (non-hydrogen) atoms. The van der Waals surface area contributed by atoms with Crippen molar-refractivity contribution >= 4 is 5.91 Å². The van der Waals surface area contributed by atoms with Crippen molar-refractivity contribution in [1.29, 1.82) is 0 Å². The lowest BCUT2D eigenvalue weighted by molar-refractivity contribution is -0.379. The van der Waals surface area contributed by atoms with Crippen LogP contribution in [0, 0.1) is 0 Å². The summed E-state index contributed by atoms with van der Waals surface area (Å²) < 4.78 is 33.5. The van der Waals surface area contributed by atoms with Crippen LogP contribution in [-0.4, -0.2) is 193 Å². The van der Waals surface area contributed by atoms with Crippen LogP contribution in [0.1, 0.15) is 78.1 Å². The van der Waals surface area contributed by atoms with Gasteiger partial charge in [0.2, 0.25) is 5.91 Å². The standard InChI is InChI=1S/C34H63NO18/c1-3-5-6-7-8-9-10-11-12-18(39)17(35-22(40)4-2)16-48-32-28(46)25(43)30(20(14-37)50-32)53-34-29(47)26(44)31(21(15-38)51-34)52-33-27(45)24(42)23(41)19(13-36)49-33/h17-21,23-34,36-39,41-47H,3-16H2,1-2H3,(H,35,40). The number of hydrogen-bond donors (Lipinski definition) is 12. The third-order valence-electron chi connectivity index (χ3n) is 10.00. The van der Waals surface area contributed by atoms with Crippen molar-refractivity contribution in [2.45, 2.75) is 182 Å². The van der Waals surface area contributed by atoms with Crippen LogP contribution in [0.15, 0.2) is 0 Å². The monoisotopic (exact) mass is 773 g/mol. The average Bonchev–Trinajstić information content (AvgIpc) is 3.15. The van der Waals surface area contributed by atoms with Crippen LogP contribution in [0.5, 0.6) is 0 Å². The highest BCUT2D eigenvalue weighted by molar-refractivity contribution is 5.75. The van der Waals surface area contributed by atoms with E-state index in [2.05, 4.69) is 12.2 Å². The Morgan fingerprint density at radius 3 is 1.57 bits per heavy atom. The normalized spacial score (nSPS) is 39.1. The molecule has 0 saturated carbocycles. The summed E-state index contributed by atoms with van der Waals surface area (Å²) in [4.78, 5) is 12.2. The van der Waals surface area contributed by atoms with E-state index in [1.165, 1.54) is 25.7 Å². The fraction of sp³-hybridized carbons (Fsp3) is 0.971. The van der Waals surface area contributed by atoms with Gasteiger partial charge in [-0.2, -0.15) is 0 Å². The number of carbonyl (C=O) groups excluding carboxylic acids is 1. The van der Waals surface area contributed by atoms with Crippen molar-refractivity contribution in [3.8, 4) is 0 Å². The zero-order valence-electron chi connectivity index (χ0n) is 30.5. The second-order valence-electron chi connectivity index (χ2n) is 14.0. The number of nitrogens with one attached hydrogen (secondary N) is 1. The predicted molar refractivity (Wildman–Crippen MR) is 180 cm³/mol.